The average molecular weight is 203 g/mol. The van der Waals surface area contributed by atoms with E-state index >= 15 is 0 Å². The lowest BCUT2D eigenvalue weighted by Gasteiger charge is -2.27. The molecule has 1 unspecified atom stereocenters. The fourth-order valence-corrected chi connectivity index (χ4v) is 1.46. The van der Waals surface area contributed by atoms with E-state index in [0.717, 1.165) is 12.1 Å². The van der Waals surface area contributed by atoms with Gasteiger partial charge in [-0.2, -0.15) is 5.26 Å². The summed E-state index contributed by atoms with van der Waals surface area (Å²) >= 11 is 0. The van der Waals surface area contributed by atoms with Crippen LogP contribution in [0, 0.1) is 11.3 Å². The Balaban J connectivity index is 2.92. The lowest BCUT2D eigenvalue weighted by Crippen LogP contribution is -2.45. The zero-order valence-electron chi connectivity index (χ0n) is 9.27. The predicted octanol–water partition coefficient (Wildman–Crippen LogP) is 1.32. The summed E-state index contributed by atoms with van der Waals surface area (Å²) in [5.41, 5.74) is 6.05. The summed E-state index contributed by atoms with van der Waals surface area (Å²) < 4.78 is 0. The number of rotatable bonds is 4. The Bertz CT molecular complexity index is 342. The maximum atomic E-state index is 9.18. The van der Waals surface area contributed by atoms with Gasteiger partial charge in [0.25, 0.3) is 0 Å². The van der Waals surface area contributed by atoms with E-state index < -0.39 is 5.54 Å². The zero-order chi connectivity index (χ0) is 11.3. The Labute approximate surface area is 91.1 Å². The van der Waals surface area contributed by atoms with Crippen molar-refractivity contribution in [2.24, 2.45) is 5.73 Å². The van der Waals surface area contributed by atoms with Crippen LogP contribution >= 0.6 is 0 Å². The second-order valence-electron chi connectivity index (χ2n) is 3.78. The number of likely N-dealkylation sites (N-methyl/N-ethyl adjacent to an activating group) is 1. The average Bonchev–Trinajstić information content (AvgIpc) is 2.30. The van der Waals surface area contributed by atoms with E-state index in [1.165, 1.54) is 0 Å². The second-order valence-corrected chi connectivity index (χ2v) is 3.78. The van der Waals surface area contributed by atoms with E-state index in [9.17, 15) is 5.26 Å². The summed E-state index contributed by atoms with van der Waals surface area (Å²) in [5.74, 6) is 0. The zero-order valence-corrected chi connectivity index (χ0v) is 9.27. The van der Waals surface area contributed by atoms with Gasteiger partial charge >= 0.3 is 0 Å². The Morgan fingerprint density at radius 1 is 1.40 bits per heavy atom. The fourth-order valence-electron chi connectivity index (χ4n) is 1.46. The number of nitrogens with zero attached hydrogens (tertiary/aromatic N) is 2. The van der Waals surface area contributed by atoms with Crippen molar-refractivity contribution in [1.29, 1.82) is 5.26 Å². The van der Waals surface area contributed by atoms with E-state index in [1.54, 1.807) is 0 Å². The van der Waals surface area contributed by atoms with Crippen molar-refractivity contribution in [2.45, 2.75) is 12.5 Å². The minimum atomic E-state index is -0.911. The normalized spacial score (nSPS) is 14.6. The topological polar surface area (TPSA) is 53.0 Å². The predicted molar refractivity (Wildman–Crippen MR) is 61.1 cm³/mol. The van der Waals surface area contributed by atoms with Crippen LogP contribution in [0.15, 0.2) is 30.3 Å². The first kappa shape index (κ1) is 11.7. The van der Waals surface area contributed by atoms with Crippen molar-refractivity contribution in [2.75, 3.05) is 20.1 Å². The molecule has 0 fully saturated rings. The van der Waals surface area contributed by atoms with Crippen LogP contribution in [0.5, 0.6) is 0 Å². The summed E-state index contributed by atoms with van der Waals surface area (Å²) in [4.78, 5) is 2.04. The van der Waals surface area contributed by atoms with Crippen molar-refractivity contribution in [3.63, 3.8) is 0 Å². The third-order valence-corrected chi connectivity index (χ3v) is 2.55. The lowest BCUT2D eigenvalue weighted by atomic mass is 9.92. The number of benzene rings is 1. The maximum Gasteiger partial charge on any atom is 0.142 e. The third-order valence-electron chi connectivity index (χ3n) is 2.55. The van der Waals surface area contributed by atoms with Gasteiger partial charge < -0.3 is 10.6 Å². The first-order chi connectivity index (χ1) is 7.12. The molecule has 0 aromatic heterocycles. The van der Waals surface area contributed by atoms with Gasteiger partial charge in [0.2, 0.25) is 0 Å². The summed E-state index contributed by atoms with van der Waals surface area (Å²) in [6, 6.07) is 11.7. The number of nitrogens with two attached hydrogens (primary N) is 1. The van der Waals surface area contributed by atoms with Gasteiger partial charge in [-0.15, -0.1) is 0 Å². The molecule has 0 amide bonds. The van der Waals surface area contributed by atoms with E-state index in [1.807, 2.05) is 49.2 Å². The molecule has 0 saturated carbocycles. The van der Waals surface area contributed by atoms with E-state index in [-0.39, 0.29) is 0 Å². The van der Waals surface area contributed by atoms with Crippen LogP contribution < -0.4 is 5.73 Å². The van der Waals surface area contributed by atoms with Gasteiger partial charge in [-0.25, -0.2) is 0 Å². The molecule has 0 spiro atoms. The quantitative estimate of drug-likeness (QED) is 0.803. The molecule has 2 N–H and O–H groups in total. The molecule has 1 atom stereocenters. The molecular formula is C12H17N3. The summed E-state index contributed by atoms with van der Waals surface area (Å²) in [6.45, 7) is 3.47. The van der Waals surface area contributed by atoms with Crippen molar-refractivity contribution >= 4 is 0 Å². The maximum absolute atomic E-state index is 9.18. The highest BCUT2D eigenvalue weighted by Gasteiger charge is 2.27. The molecule has 0 heterocycles. The number of nitriles is 1. The van der Waals surface area contributed by atoms with Crippen LogP contribution in [0.25, 0.3) is 0 Å². The van der Waals surface area contributed by atoms with Gasteiger partial charge in [-0.3, -0.25) is 0 Å². The van der Waals surface area contributed by atoms with Gasteiger partial charge in [-0.05, 0) is 19.2 Å². The standard InChI is InChI=1S/C12H17N3/c1-3-15(2)10-12(14,9-13)11-7-5-4-6-8-11/h4-8H,3,10,14H2,1-2H3. The van der Waals surface area contributed by atoms with Gasteiger partial charge in [0.1, 0.15) is 5.54 Å². The molecule has 0 radical (unpaired) electrons. The fraction of sp³-hybridized carbons (Fsp3) is 0.417. The number of hydrogen-bond acceptors (Lipinski definition) is 3. The Morgan fingerprint density at radius 3 is 2.47 bits per heavy atom. The van der Waals surface area contributed by atoms with E-state index in [2.05, 4.69) is 6.07 Å². The molecule has 15 heavy (non-hydrogen) atoms. The SMILES string of the molecule is CCN(C)CC(N)(C#N)c1ccccc1. The molecular weight excluding hydrogens is 186 g/mol. The molecule has 3 nitrogen and oxygen atoms in total. The summed E-state index contributed by atoms with van der Waals surface area (Å²) in [6.07, 6.45) is 0. The Kier molecular flexibility index (Phi) is 3.84. The van der Waals surface area contributed by atoms with Crippen LogP contribution in [0.2, 0.25) is 0 Å². The lowest BCUT2D eigenvalue weighted by molar-refractivity contribution is 0.294. The van der Waals surface area contributed by atoms with Gasteiger partial charge in [0.15, 0.2) is 0 Å². The highest BCUT2D eigenvalue weighted by Crippen LogP contribution is 2.17. The van der Waals surface area contributed by atoms with Crippen LogP contribution in [0.3, 0.4) is 0 Å². The van der Waals surface area contributed by atoms with Gasteiger partial charge in [-0.1, -0.05) is 37.3 Å². The monoisotopic (exact) mass is 203 g/mol. The first-order valence-electron chi connectivity index (χ1n) is 5.06. The Morgan fingerprint density at radius 2 is 2.00 bits per heavy atom. The minimum Gasteiger partial charge on any atom is -0.309 e. The second kappa shape index (κ2) is 4.92. The van der Waals surface area contributed by atoms with Crippen molar-refractivity contribution < 1.29 is 0 Å². The highest BCUT2D eigenvalue weighted by molar-refractivity contribution is 5.31. The molecule has 1 aromatic rings. The Hall–Kier alpha value is -1.37. The van der Waals surface area contributed by atoms with Crippen LogP contribution in [0.4, 0.5) is 0 Å². The largest absolute Gasteiger partial charge is 0.309 e. The van der Waals surface area contributed by atoms with Crippen LogP contribution in [-0.4, -0.2) is 25.0 Å². The van der Waals surface area contributed by atoms with Crippen molar-refractivity contribution in [3.8, 4) is 6.07 Å². The molecule has 1 aromatic carbocycles. The van der Waals surface area contributed by atoms with E-state index in [0.29, 0.717) is 6.54 Å². The van der Waals surface area contributed by atoms with Crippen molar-refractivity contribution in [3.05, 3.63) is 35.9 Å². The highest BCUT2D eigenvalue weighted by atomic mass is 15.1. The van der Waals surface area contributed by atoms with Gasteiger partial charge in [0.05, 0.1) is 6.07 Å². The molecule has 0 bridgehead atoms. The van der Waals surface area contributed by atoms with Crippen LogP contribution in [0.1, 0.15) is 12.5 Å². The minimum absolute atomic E-state index is 0.546. The molecule has 3 heteroatoms. The van der Waals surface area contributed by atoms with Crippen molar-refractivity contribution in [1.82, 2.24) is 4.90 Å². The van der Waals surface area contributed by atoms with E-state index in [4.69, 9.17) is 5.73 Å². The smallest absolute Gasteiger partial charge is 0.142 e. The molecule has 1 rings (SSSR count). The van der Waals surface area contributed by atoms with Gasteiger partial charge in [0, 0.05) is 6.54 Å². The third kappa shape index (κ3) is 2.79. The molecule has 0 saturated heterocycles. The molecule has 0 aliphatic carbocycles. The van der Waals surface area contributed by atoms with Crippen LogP contribution in [-0.2, 0) is 5.54 Å². The molecule has 80 valence electrons. The molecule has 0 aliphatic rings. The summed E-state index contributed by atoms with van der Waals surface area (Å²) in [7, 11) is 1.96. The number of hydrogen-bond donors (Lipinski definition) is 1. The summed E-state index contributed by atoms with van der Waals surface area (Å²) in [5, 5.41) is 9.18. The molecule has 0 aliphatic heterocycles. The first-order valence-corrected chi connectivity index (χ1v) is 5.06.